The maximum absolute atomic E-state index is 12.3. The maximum Gasteiger partial charge on any atom is 0.243 e. The van der Waals surface area contributed by atoms with Gasteiger partial charge < -0.3 is 10.6 Å². The molecule has 126 valence electrons. The Kier molecular flexibility index (Phi) is 6.65. The molecule has 0 unspecified atom stereocenters. The van der Waals surface area contributed by atoms with Crippen LogP contribution in [-0.2, 0) is 4.79 Å². The summed E-state index contributed by atoms with van der Waals surface area (Å²) in [7, 11) is 0. The molecule has 0 saturated heterocycles. The number of hydrogen-bond acceptors (Lipinski definition) is 4. The van der Waals surface area contributed by atoms with Crippen LogP contribution in [0.4, 0.5) is 5.69 Å². The lowest BCUT2D eigenvalue weighted by Gasteiger charge is -2.21. The van der Waals surface area contributed by atoms with Gasteiger partial charge in [0.25, 0.3) is 0 Å². The lowest BCUT2D eigenvalue weighted by molar-refractivity contribution is -0.121. The normalized spacial score (nSPS) is 11.8. The van der Waals surface area contributed by atoms with Gasteiger partial charge in [-0.05, 0) is 30.0 Å². The van der Waals surface area contributed by atoms with Crippen LogP contribution in [0.2, 0.25) is 5.02 Å². The Balaban J connectivity index is 2.20. The Morgan fingerprint density at radius 1 is 1.29 bits per heavy atom. The van der Waals surface area contributed by atoms with Crippen LogP contribution < -0.4 is 10.6 Å². The van der Waals surface area contributed by atoms with Crippen molar-refractivity contribution in [1.29, 1.82) is 5.26 Å². The Morgan fingerprint density at radius 3 is 2.62 bits per heavy atom. The molecule has 1 aromatic heterocycles. The van der Waals surface area contributed by atoms with Crippen LogP contribution in [0, 0.1) is 17.2 Å². The summed E-state index contributed by atoms with van der Waals surface area (Å²) >= 11 is 7.53. The lowest BCUT2D eigenvalue weighted by Crippen LogP contribution is -2.40. The van der Waals surface area contributed by atoms with Gasteiger partial charge in [0.1, 0.15) is 12.6 Å². The summed E-state index contributed by atoms with van der Waals surface area (Å²) in [6.45, 7) is 4.16. The summed E-state index contributed by atoms with van der Waals surface area (Å²) in [5, 5.41) is 19.4. The van der Waals surface area contributed by atoms with E-state index in [4.69, 9.17) is 16.9 Å². The van der Waals surface area contributed by atoms with E-state index in [2.05, 4.69) is 24.5 Å². The third-order valence-electron chi connectivity index (χ3n) is 3.51. The van der Waals surface area contributed by atoms with Gasteiger partial charge in [-0.1, -0.05) is 37.6 Å². The van der Waals surface area contributed by atoms with Gasteiger partial charge in [0.2, 0.25) is 5.91 Å². The first-order valence-corrected chi connectivity index (χ1v) is 9.06. The Labute approximate surface area is 151 Å². The number of carbonyl (C=O) groups excluding carboxylic acids is 1. The van der Waals surface area contributed by atoms with Crippen LogP contribution in [0.3, 0.4) is 0 Å². The molecule has 0 aliphatic heterocycles. The summed E-state index contributed by atoms with van der Waals surface area (Å²) in [6.07, 6.45) is 0.688. The average molecular weight is 362 g/mol. The van der Waals surface area contributed by atoms with Gasteiger partial charge >= 0.3 is 0 Å². The van der Waals surface area contributed by atoms with E-state index in [-0.39, 0.29) is 18.5 Å². The van der Waals surface area contributed by atoms with Crippen molar-refractivity contribution in [3.63, 3.8) is 0 Å². The van der Waals surface area contributed by atoms with E-state index in [1.807, 2.05) is 41.1 Å². The number of halogens is 1. The fourth-order valence-electron chi connectivity index (χ4n) is 2.40. The number of carbonyl (C=O) groups is 1. The summed E-state index contributed by atoms with van der Waals surface area (Å²) < 4.78 is 0. The van der Waals surface area contributed by atoms with Crippen LogP contribution >= 0.6 is 22.9 Å². The molecule has 1 atom stereocenters. The Morgan fingerprint density at radius 2 is 2.00 bits per heavy atom. The fourth-order valence-corrected chi connectivity index (χ4v) is 3.33. The molecule has 0 spiro atoms. The van der Waals surface area contributed by atoms with Crippen molar-refractivity contribution < 1.29 is 4.79 Å². The molecule has 24 heavy (non-hydrogen) atoms. The zero-order valence-corrected chi connectivity index (χ0v) is 15.2. The van der Waals surface area contributed by atoms with E-state index in [0.29, 0.717) is 17.4 Å². The highest BCUT2D eigenvalue weighted by Gasteiger charge is 2.21. The van der Waals surface area contributed by atoms with E-state index in [1.54, 1.807) is 11.3 Å². The van der Waals surface area contributed by atoms with Crippen molar-refractivity contribution in [2.75, 3.05) is 11.9 Å². The van der Waals surface area contributed by atoms with Crippen molar-refractivity contribution in [2.45, 2.75) is 26.3 Å². The van der Waals surface area contributed by atoms with Gasteiger partial charge in [0.15, 0.2) is 0 Å². The van der Waals surface area contributed by atoms with Gasteiger partial charge in [-0.2, -0.15) is 5.26 Å². The molecule has 6 heteroatoms. The minimum Gasteiger partial charge on any atom is -0.372 e. The molecule has 1 heterocycles. The van der Waals surface area contributed by atoms with Gasteiger partial charge in [-0.25, -0.2) is 0 Å². The van der Waals surface area contributed by atoms with Gasteiger partial charge in [-0.15, -0.1) is 11.3 Å². The van der Waals surface area contributed by atoms with Crippen LogP contribution in [0.5, 0.6) is 0 Å². The first kappa shape index (κ1) is 18.3. The van der Waals surface area contributed by atoms with E-state index in [1.165, 1.54) is 0 Å². The predicted octanol–water partition coefficient (Wildman–Crippen LogP) is 4.53. The van der Waals surface area contributed by atoms with E-state index in [0.717, 1.165) is 16.8 Å². The van der Waals surface area contributed by atoms with Gasteiger partial charge in [0, 0.05) is 21.3 Å². The molecule has 0 radical (unpaired) electrons. The molecule has 2 rings (SSSR count). The Bertz CT molecular complexity index is 719. The molecule has 0 bridgehead atoms. The molecule has 0 saturated carbocycles. The highest BCUT2D eigenvalue weighted by Crippen LogP contribution is 2.33. The quantitative estimate of drug-likeness (QED) is 0.712. The first-order chi connectivity index (χ1) is 11.5. The molecule has 1 aromatic carbocycles. The van der Waals surface area contributed by atoms with Crippen molar-refractivity contribution >= 4 is 34.5 Å². The highest BCUT2D eigenvalue weighted by molar-refractivity contribution is 7.08. The lowest BCUT2D eigenvalue weighted by atomic mass is 10.0. The van der Waals surface area contributed by atoms with Gasteiger partial charge in [-0.3, -0.25) is 4.79 Å². The van der Waals surface area contributed by atoms with Crippen molar-refractivity contribution in [2.24, 2.45) is 5.92 Å². The third-order valence-corrected chi connectivity index (χ3v) is 4.51. The minimum absolute atomic E-state index is 0.0167. The number of nitrogens with zero attached hydrogens (tertiary/aromatic N) is 1. The summed E-state index contributed by atoms with van der Waals surface area (Å²) in [5.74, 6) is 0.200. The summed E-state index contributed by atoms with van der Waals surface area (Å²) in [4.78, 5) is 12.3. The van der Waals surface area contributed by atoms with Crippen LogP contribution in [0.15, 0.2) is 35.0 Å². The number of hydrogen-bond donors (Lipinski definition) is 2. The zero-order chi connectivity index (χ0) is 17.5. The molecule has 0 aliphatic rings. The molecule has 0 fully saturated rings. The molecular formula is C18H20ClN3OS. The van der Waals surface area contributed by atoms with Crippen molar-refractivity contribution in [3.05, 3.63) is 40.0 Å². The highest BCUT2D eigenvalue weighted by atomic mass is 35.5. The molecule has 4 nitrogen and oxygen atoms in total. The zero-order valence-electron chi connectivity index (χ0n) is 13.7. The predicted molar refractivity (Wildman–Crippen MR) is 100 cm³/mol. The van der Waals surface area contributed by atoms with Crippen molar-refractivity contribution in [1.82, 2.24) is 5.32 Å². The van der Waals surface area contributed by atoms with Crippen molar-refractivity contribution in [3.8, 4) is 17.2 Å². The van der Waals surface area contributed by atoms with Crippen LogP contribution in [0.25, 0.3) is 11.1 Å². The number of anilines is 1. The SMILES string of the molecule is CC(C)C[C@H](Nc1cscc1-c1ccc(Cl)cc1)C(=O)NCC#N. The standard InChI is InChI=1S/C18H20ClN3OS/c1-12(2)9-16(18(23)21-8-7-20)22-17-11-24-10-15(17)13-3-5-14(19)6-4-13/h3-6,10-12,16,22H,8-9H2,1-2H3,(H,21,23)/t16-/m0/s1. The van der Waals surface area contributed by atoms with E-state index >= 15 is 0 Å². The largest absolute Gasteiger partial charge is 0.372 e. The Hall–Kier alpha value is -2.03. The first-order valence-electron chi connectivity index (χ1n) is 7.74. The number of nitrogens with one attached hydrogen (secondary N) is 2. The molecule has 2 aromatic rings. The smallest absolute Gasteiger partial charge is 0.243 e. The second kappa shape index (κ2) is 8.72. The summed E-state index contributed by atoms with van der Waals surface area (Å²) in [5.41, 5.74) is 3.00. The molecular weight excluding hydrogens is 342 g/mol. The third kappa shape index (κ3) is 4.98. The topological polar surface area (TPSA) is 64.9 Å². The number of rotatable bonds is 7. The second-order valence-electron chi connectivity index (χ2n) is 5.91. The number of thiophene rings is 1. The minimum atomic E-state index is -0.376. The monoisotopic (exact) mass is 361 g/mol. The molecule has 0 aliphatic carbocycles. The van der Waals surface area contributed by atoms with Crippen LogP contribution in [-0.4, -0.2) is 18.5 Å². The van der Waals surface area contributed by atoms with Gasteiger partial charge in [0.05, 0.1) is 11.8 Å². The maximum atomic E-state index is 12.3. The molecule has 2 N–H and O–H groups in total. The van der Waals surface area contributed by atoms with E-state index in [9.17, 15) is 4.79 Å². The average Bonchev–Trinajstić information content (AvgIpc) is 3.00. The number of amides is 1. The second-order valence-corrected chi connectivity index (χ2v) is 7.09. The molecule has 1 amide bonds. The van der Waals surface area contributed by atoms with Crippen LogP contribution in [0.1, 0.15) is 20.3 Å². The number of nitriles is 1. The van der Waals surface area contributed by atoms with E-state index < -0.39 is 0 Å². The number of benzene rings is 1. The summed E-state index contributed by atoms with van der Waals surface area (Å²) in [6, 6.07) is 9.19. The fraction of sp³-hybridized carbons (Fsp3) is 0.333.